The molecule has 1 aromatic carbocycles. The summed E-state index contributed by atoms with van der Waals surface area (Å²) in [6, 6.07) is 3.74. The molecular formula is C20H23NO5. The van der Waals surface area contributed by atoms with Crippen LogP contribution >= 0.6 is 0 Å². The fourth-order valence-electron chi connectivity index (χ4n) is 2.90. The molecule has 0 spiro atoms. The van der Waals surface area contributed by atoms with Crippen molar-refractivity contribution >= 4 is 17.7 Å². The average molecular weight is 357 g/mol. The highest BCUT2D eigenvalue weighted by Crippen LogP contribution is 2.20. The molecule has 0 aliphatic rings. The zero-order valence-electron chi connectivity index (χ0n) is 15.9. The maximum atomic E-state index is 12.4. The molecule has 0 radical (unpaired) electrons. The molecule has 0 saturated heterocycles. The number of nitrogens with one attached hydrogen (secondary N) is 1. The lowest BCUT2D eigenvalue weighted by atomic mass is 9.98. The van der Waals surface area contributed by atoms with Crippen LogP contribution in [0.1, 0.15) is 59.2 Å². The van der Waals surface area contributed by atoms with Crippen LogP contribution < -0.4 is 0 Å². The van der Waals surface area contributed by atoms with Gasteiger partial charge in [-0.05, 0) is 62.9 Å². The molecule has 0 aliphatic carbocycles. The predicted octanol–water partition coefficient (Wildman–Crippen LogP) is 3.38. The number of benzene rings is 1. The van der Waals surface area contributed by atoms with Crippen molar-refractivity contribution in [1.29, 1.82) is 0 Å². The Kier molecular flexibility index (Phi) is 5.65. The van der Waals surface area contributed by atoms with Gasteiger partial charge in [-0.3, -0.25) is 4.79 Å². The topological polar surface area (TPSA) is 85.5 Å². The number of Topliss-reactive ketones (excluding diaryl/α,β-unsaturated/α-hetero) is 1. The molecule has 0 saturated carbocycles. The van der Waals surface area contributed by atoms with Crippen molar-refractivity contribution in [2.75, 3.05) is 13.7 Å². The van der Waals surface area contributed by atoms with Gasteiger partial charge in [0.2, 0.25) is 5.78 Å². The first-order valence-corrected chi connectivity index (χ1v) is 8.23. The zero-order valence-corrected chi connectivity index (χ0v) is 15.9. The number of carbonyl (C=O) groups is 3. The molecule has 1 N–H and O–H groups in total. The molecule has 138 valence electrons. The van der Waals surface area contributed by atoms with E-state index in [1.165, 1.54) is 7.11 Å². The van der Waals surface area contributed by atoms with E-state index in [1.807, 2.05) is 26.8 Å². The number of hydrogen-bond donors (Lipinski definition) is 1. The second-order valence-corrected chi connectivity index (χ2v) is 6.37. The van der Waals surface area contributed by atoms with Crippen LogP contribution in [0, 0.1) is 34.6 Å². The molecule has 6 nitrogen and oxygen atoms in total. The molecule has 1 heterocycles. The molecule has 26 heavy (non-hydrogen) atoms. The van der Waals surface area contributed by atoms with Crippen molar-refractivity contribution in [3.8, 4) is 0 Å². The van der Waals surface area contributed by atoms with Gasteiger partial charge in [-0.1, -0.05) is 6.07 Å². The maximum Gasteiger partial charge on any atom is 0.355 e. The van der Waals surface area contributed by atoms with Gasteiger partial charge in [-0.15, -0.1) is 0 Å². The molecular weight excluding hydrogens is 334 g/mol. The van der Waals surface area contributed by atoms with Crippen LogP contribution in [0.25, 0.3) is 0 Å². The Hall–Kier alpha value is -2.89. The lowest BCUT2D eigenvalue weighted by molar-refractivity contribution is 0.0468. The Morgan fingerprint density at radius 3 is 2.15 bits per heavy atom. The first kappa shape index (κ1) is 19.4. The third kappa shape index (κ3) is 3.69. The highest BCUT2D eigenvalue weighted by molar-refractivity contribution is 6.02. The normalized spacial score (nSPS) is 10.5. The predicted molar refractivity (Wildman–Crippen MR) is 96.9 cm³/mol. The fourth-order valence-corrected chi connectivity index (χ4v) is 2.90. The lowest BCUT2D eigenvalue weighted by Crippen LogP contribution is -2.16. The summed E-state index contributed by atoms with van der Waals surface area (Å²) in [6.45, 7) is 8.68. The van der Waals surface area contributed by atoms with Gasteiger partial charge in [0.15, 0.2) is 6.61 Å². The molecule has 6 heteroatoms. The van der Waals surface area contributed by atoms with E-state index < -0.39 is 11.9 Å². The summed E-state index contributed by atoms with van der Waals surface area (Å²) in [6.07, 6.45) is 0. The zero-order chi connectivity index (χ0) is 19.6. The number of carbonyl (C=O) groups excluding carboxylic acids is 3. The summed E-state index contributed by atoms with van der Waals surface area (Å²) in [5, 5.41) is 0. The summed E-state index contributed by atoms with van der Waals surface area (Å²) in [7, 11) is 1.27. The second kappa shape index (κ2) is 7.56. The van der Waals surface area contributed by atoms with Gasteiger partial charge in [-0.25, -0.2) is 9.59 Å². The van der Waals surface area contributed by atoms with Gasteiger partial charge in [0.1, 0.15) is 5.69 Å². The van der Waals surface area contributed by atoms with E-state index in [4.69, 9.17) is 9.47 Å². The van der Waals surface area contributed by atoms with E-state index in [1.54, 1.807) is 19.9 Å². The summed E-state index contributed by atoms with van der Waals surface area (Å²) in [5.41, 5.74) is 4.88. The molecule has 0 fully saturated rings. The number of methoxy groups -OCH3 is 1. The quantitative estimate of drug-likeness (QED) is 0.655. The number of rotatable bonds is 5. The van der Waals surface area contributed by atoms with Crippen molar-refractivity contribution in [2.24, 2.45) is 0 Å². The molecule has 0 aliphatic heterocycles. The van der Waals surface area contributed by atoms with Crippen LogP contribution in [0.2, 0.25) is 0 Å². The molecule has 2 aromatic rings. The first-order chi connectivity index (χ1) is 12.2. The SMILES string of the molecule is COC(=O)c1c(C)[nH]c(C(=O)OCC(=O)c2cc(C)c(C)cc2C)c1C. The van der Waals surface area contributed by atoms with Gasteiger partial charge in [0, 0.05) is 11.3 Å². The minimum absolute atomic E-state index is 0.146. The number of aryl methyl sites for hydroxylation is 4. The van der Waals surface area contributed by atoms with Crippen LogP contribution in [0.4, 0.5) is 0 Å². The molecule has 0 atom stereocenters. The van der Waals surface area contributed by atoms with Crippen LogP contribution in [-0.4, -0.2) is 36.4 Å². The summed E-state index contributed by atoms with van der Waals surface area (Å²) in [5.74, 6) is -1.49. The second-order valence-electron chi connectivity index (χ2n) is 6.37. The van der Waals surface area contributed by atoms with E-state index in [-0.39, 0.29) is 18.1 Å². The third-order valence-electron chi connectivity index (χ3n) is 4.51. The number of aromatic nitrogens is 1. The largest absolute Gasteiger partial charge is 0.465 e. The lowest BCUT2D eigenvalue weighted by Gasteiger charge is -2.09. The van der Waals surface area contributed by atoms with E-state index in [0.717, 1.165) is 16.7 Å². The standard InChI is InChI=1S/C20H23NO5/c1-10-7-12(3)15(8-11(10)2)16(22)9-26-20(24)18-13(4)17(14(5)21-18)19(23)25-6/h7-8,21H,9H2,1-6H3. The van der Waals surface area contributed by atoms with Gasteiger partial charge >= 0.3 is 11.9 Å². The smallest absolute Gasteiger partial charge is 0.355 e. The fraction of sp³-hybridized carbons (Fsp3) is 0.350. The van der Waals surface area contributed by atoms with E-state index in [9.17, 15) is 14.4 Å². The summed E-state index contributed by atoms with van der Waals surface area (Å²) in [4.78, 5) is 39.4. The summed E-state index contributed by atoms with van der Waals surface area (Å²) >= 11 is 0. The van der Waals surface area contributed by atoms with Crippen molar-refractivity contribution < 1.29 is 23.9 Å². The third-order valence-corrected chi connectivity index (χ3v) is 4.51. The molecule has 0 bridgehead atoms. The number of ketones is 1. The van der Waals surface area contributed by atoms with Gasteiger partial charge < -0.3 is 14.5 Å². The Morgan fingerprint density at radius 1 is 0.923 bits per heavy atom. The maximum absolute atomic E-state index is 12.4. The highest BCUT2D eigenvalue weighted by atomic mass is 16.5. The molecule has 1 aromatic heterocycles. The molecule has 0 amide bonds. The van der Waals surface area contributed by atoms with E-state index >= 15 is 0 Å². The monoisotopic (exact) mass is 357 g/mol. The Labute approximate surface area is 152 Å². The van der Waals surface area contributed by atoms with Gasteiger partial charge in [-0.2, -0.15) is 0 Å². The number of aromatic amines is 1. The summed E-state index contributed by atoms with van der Waals surface area (Å²) < 4.78 is 9.88. The number of esters is 2. The number of ether oxygens (including phenoxy) is 2. The van der Waals surface area contributed by atoms with Crippen molar-refractivity contribution in [3.63, 3.8) is 0 Å². The van der Waals surface area contributed by atoms with Crippen molar-refractivity contribution in [3.05, 3.63) is 56.9 Å². The Morgan fingerprint density at radius 2 is 1.54 bits per heavy atom. The molecule has 2 rings (SSSR count). The first-order valence-electron chi connectivity index (χ1n) is 8.23. The molecule has 0 unspecified atom stereocenters. The number of hydrogen-bond acceptors (Lipinski definition) is 5. The average Bonchev–Trinajstić information content (AvgIpc) is 2.89. The van der Waals surface area contributed by atoms with Gasteiger partial charge in [0.25, 0.3) is 0 Å². The van der Waals surface area contributed by atoms with Crippen LogP contribution in [-0.2, 0) is 9.47 Å². The van der Waals surface area contributed by atoms with E-state index in [2.05, 4.69) is 4.98 Å². The van der Waals surface area contributed by atoms with Gasteiger partial charge in [0.05, 0.1) is 12.7 Å². The minimum atomic E-state index is -0.685. The van der Waals surface area contributed by atoms with Crippen molar-refractivity contribution in [2.45, 2.75) is 34.6 Å². The van der Waals surface area contributed by atoms with Crippen molar-refractivity contribution in [1.82, 2.24) is 4.98 Å². The van der Waals surface area contributed by atoms with E-state index in [0.29, 0.717) is 22.4 Å². The Bertz CT molecular complexity index is 892. The Balaban J connectivity index is 2.16. The number of H-pyrrole nitrogens is 1. The highest BCUT2D eigenvalue weighted by Gasteiger charge is 2.24. The van der Waals surface area contributed by atoms with Crippen LogP contribution in [0.15, 0.2) is 12.1 Å². The minimum Gasteiger partial charge on any atom is -0.465 e. The van der Waals surface area contributed by atoms with Crippen LogP contribution in [0.5, 0.6) is 0 Å². The van der Waals surface area contributed by atoms with Crippen LogP contribution in [0.3, 0.4) is 0 Å².